The van der Waals surface area contributed by atoms with Gasteiger partial charge < -0.3 is 19.5 Å². The summed E-state index contributed by atoms with van der Waals surface area (Å²) in [6.45, 7) is 1.48. The van der Waals surface area contributed by atoms with E-state index in [9.17, 15) is 9.59 Å². The number of amides is 1. The minimum Gasteiger partial charge on any atom is -0.493 e. The molecule has 7 heteroatoms. The van der Waals surface area contributed by atoms with Crippen molar-refractivity contribution in [3.8, 4) is 28.4 Å². The first-order chi connectivity index (χ1) is 13.9. The molecule has 0 saturated carbocycles. The van der Waals surface area contributed by atoms with Crippen LogP contribution in [0.25, 0.3) is 11.1 Å². The Hall–Kier alpha value is -2.67. The van der Waals surface area contributed by atoms with E-state index in [1.54, 1.807) is 27.4 Å². The number of benzene rings is 1. The van der Waals surface area contributed by atoms with Gasteiger partial charge in [-0.25, -0.2) is 0 Å². The Morgan fingerprint density at radius 2 is 1.79 bits per heavy atom. The van der Waals surface area contributed by atoms with Gasteiger partial charge in [0.15, 0.2) is 16.9 Å². The summed E-state index contributed by atoms with van der Waals surface area (Å²) in [5, 5.41) is 3.00. The lowest BCUT2D eigenvalue weighted by molar-refractivity contribution is -0.119. The van der Waals surface area contributed by atoms with Gasteiger partial charge in [0.05, 0.1) is 32.3 Å². The zero-order chi connectivity index (χ0) is 21.1. The summed E-state index contributed by atoms with van der Waals surface area (Å²) in [6, 6.07) is 7.03. The van der Waals surface area contributed by atoms with Gasteiger partial charge in [0, 0.05) is 12.5 Å². The highest BCUT2D eigenvalue weighted by molar-refractivity contribution is 7.98. The lowest BCUT2D eigenvalue weighted by Gasteiger charge is -2.18. The van der Waals surface area contributed by atoms with Crippen molar-refractivity contribution in [1.29, 1.82) is 0 Å². The highest BCUT2D eigenvalue weighted by Crippen LogP contribution is 2.48. The largest absolute Gasteiger partial charge is 0.493 e. The molecule has 2 aromatic rings. The number of rotatable bonds is 5. The zero-order valence-corrected chi connectivity index (χ0v) is 18.1. The van der Waals surface area contributed by atoms with Crippen LogP contribution in [0.5, 0.6) is 17.2 Å². The second-order valence-electron chi connectivity index (χ2n) is 6.74. The Balaban J connectivity index is 2.39. The van der Waals surface area contributed by atoms with Crippen molar-refractivity contribution in [1.82, 2.24) is 5.32 Å². The van der Waals surface area contributed by atoms with E-state index in [0.29, 0.717) is 35.0 Å². The van der Waals surface area contributed by atoms with Crippen LogP contribution in [0.3, 0.4) is 0 Å². The van der Waals surface area contributed by atoms with Gasteiger partial charge in [0.25, 0.3) is 0 Å². The molecule has 6 nitrogen and oxygen atoms in total. The van der Waals surface area contributed by atoms with E-state index in [2.05, 4.69) is 5.32 Å². The summed E-state index contributed by atoms with van der Waals surface area (Å²) in [6.07, 6.45) is 3.15. The van der Waals surface area contributed by atoms with Gasteiger partial charge in [-0.1, -0.05) is 6.07 Å². The molecule has 29 heavy (non-hydrogen) atoms. The van der Waals surface area contributed by atoms with Crippen LogP contribution in [-0.4, -0.2) is 33.5 Å². The molecule has 1 aliphatic carbocycles. The summed E-state index contributed by atoms with van der Waals surface area (Å²) in [5.74, 6) is 1.54. The van der Waals surface area contributed by atoms with Crippen LogP contribution in [0.2, 0.25) is 0 Å². The van der Waals surface area contributed by atoms with Crippen molar-refractivity contribution >= 4 is 17.7 Å². The first kappa shape index (κ1) is 21.0. The molecule has 1 atom stereocenters. The van der Waals surface area contributed by atoms with Crippen molar-refractivity contribution in [2.45, 2.75) is 30.7 Å². The monoisotopic (exact) mass is 415 g/mol. The fraction of sp³-hybridized carbons (Fsp3) is 0.364. The minimum atomic E-state index is -0.286. The second-order valence-corrected chi connectivity index (χ2v) is 7.59. The first-order valence-corrected chi connectivity index (χ1v) is 10.5. The maximum absolute atomic E-state index is 12.7. The highest BCUT2D eigenvalue weighted by atomic mass is 32.2. The molecular weight excluding hydrogens is 390 g/mol. The zero-order valence-electron chi connectivity index (χ0n) is 17.3. The molecule has 0 radical (unpaired) electrons. The fourth-order valence-corrected chi connectivity index (χ4v) is 4.34. The van der Waals surface area contributed by atoms with Gasteiger partial charge in [-0.3, -0.25) is 9.59 Å². The summed E-state index contributed by atoms with van der Waals surface area (Å²) in [7, 11) is 4.75. The Kier molecular flexibility index (Phi) is 6.37. The van der Waals surface area contributed by atoms with Crippen LogP contribution in [0.15, 0.2) is 34.0 Å². The predicted octanol–water partition coefficient (Wildman–Crippen LogP) is 3.58. The number of thioether (sulfide) groups is 1. The molecule has 0 bridgehead atoms. The summed E-state index contributed by atoms with van der Waals surface area (Å²) in [5.41, 5.74) is 3.46. The number of carbonyl (C=O) groups is 1. The Morgan fingerprint density at radius 1 is 1.07 bits per heavy atom. The van der Waals surface area contributed by atoms with Crippen molar-refractivity contribution in [2.24, 2.45) is 0 Å². The molecule has 154 valence electrons. The molecule has 0 aromatic heterocycles. The standard InChI is InChI=1S/C22H25NO5S/c1-12(24)23-17-8-6-14-15(11-19(26-2)22(28-4)21(14)27-3)13-7-9-20(29-5)18(25)10-16(13)17/h7,9-11,17H,6,8H2,1-5H3,(H,23,24). The fourth-order valence-electron chi connectivity index (χ4n) is 3.87. The lowest BCUT2D eigenvalue weighted by atomic mass is 9.96. The third-order valence-corrected chi connectivity index (χ3v) is 5.90. The number of hydrogen-bond acceptors (Lipinski definition) is 6. The van der Waals surface area contributed by atoms with E-state index >= 15 is 0 Å². The summed E-state index contributed by atoms with van der Waals surface area (Å²) in [4.78, 5) is 25.2. The SMILES string of the molecule is COc1cc2c(c(OC)c1OC)CCC(NC(C)=O)c1cc(=O)c(SC)ccc1-2. The number of ether oxygens (including phenoxy) is 3. The number of fused-ring (bicyclic) bond motifs is 3. The normalized spacial score (nSPS) is 14.9. The molecule has 1 N–H and O–H groups in total. The topological polar surface area (TPSA) is 73.9 Å². The third kappa shape index (κ3) is 3.92. The van der Waals surface area contributed by atoms with Crippen molar-refractivity contribution in [3.63, 3.8) is 0 Å². The van der Waals surface area contributed by atoms with Crippen molar-refractivity contribution in [2.75, 3.05) is 27.6 Å². The molecular formula is C22H25NO5S. The molecule has 0 heterocycles. The molecule has 1 aliphatic rings. The summed E-state index contributed by atoms with van der Waals surface area (Å²) < 4.78 is 16.8. The Morgan fingerprint density at radius 3 is 2.38 bits per heavy atom. The first-order valence-electron chi connectivity index (χ1n) is 9.26. The summed E-state index contributed by atoms with van der Waals surface area (Å²) >= 11 is 1.40. The lowest BCUT2D eigenvalue weighted by Crippen LogP contribution is -2.26. The van der Waals surface area contributed by atoms with E-state index in [-0.39, 0.29) is 17.4 Å². The number of nitrogens with one attached hydrogen (secondary N) is 1. The Labute approximate surface area is 174 Å². The molecule has 1 unspecified atom stereocenters. The van der Waals surface area contributed by atoms with Gasteiger partial charge in [-0.15, -0.1) is 11.8 Å². The van der Waals surface area contributed by atoms with Crippen molar-refractivity contribution in [3.05, 3.63) is 45.6 Å². The van der Waals surface area contributed by atoms with E-state index in [4.69, 9.17) is 14.2 Å². The van der Waals surface area contributed by atoms with E-state index < -0.39 is 0 Å². The van der Waals surface area contributed by atoms with Crippen LogP contribution >= 0.6 is 11.8 Å². The molecule has 0 spiro atoms. The van der Waals surface area contributed by atoms with Gasteiger partial charge in [-0.05, 0) is 54.0 Å². The average molecular weight is 416 g/mol. The smallest absolute Gasteiger partial charge is 0.217 e. The number of hydrogen-bond donors (Lipinski definition) is 1. The van der Waals surface area contributed by atoms with Gasteiger partial charge in [0.2, 0.25) is 11.7 Å². The Bertz CT molecular complexity index is 1010. The van der Waals surface area contributed by atoms with Crippen LogP contribution < -0.4 is 25.0 Å². The van der Waals surface area contributed by atoms with Gasteiger partial charge >= 0.3 is 0 Å². The molecule has 3 rings (SSSR count). The maximum Gasteiger partial charge on any atom is 0.217 e. The molecule has 1 amide bonds. The van der Waals surface area contributed by atoms with Crippen LogP contribution in [-0.2, 0) is 11.2 Å². The van der Waals surface area contributed by atoms with Crippen LogP contribution in [0.4, 0.5) is 0 Å². The van der Waals surface area contributed by atoms with E-state index in [1.807, 2.05) is 24.5 Å². The van der Waals surface area contributed by atoms with E-state index in [0.717, 1.165) is 22.3 Å². The van der Waals surface area contributed by atoms with E-state index in [1.165, 1.54) is 18.7 Å². The molecule has 0 aliphatic heterocycles. The number of carbonyl (C=O) groups excluding carboxylic acids is 1. The average Bonchev–Trinajstić information content (AvgIpc) is 2.95. The van der Waals surface area contributed by atoms with Crippen molar-refractivity contribution < 1.29 is 19.0 Å². The predicted molar refractivity (Wildman–Crippen MR) is 114 cm³/mol. The van der Waals surface area contributed by atoms with Crippen LogP contribution in [0, 0.1) is 0 Å². The minimum absolute atomic E-state index is 0.0648. The molecule has 0 saturated heterocycles. The van der Waals surface area contributed by atoms with Gasteiger partial charge in [0.1, 0.15) is 0 Å². The quantitative estimate of drug-likeness (QED) is 0.753. The number of methoxy groups -OCH3 is 3. The van der Waals surface area contributed by atoms with Gasteiger partial charge in [-0.2, -0.15) is 0 Å². The molecule has 0 fully saturated rings. The molecule has 2 aromatic carbocycles. The third-order valence-electron chi connectivity index (χ3n) is 5.12. The highest BCUT2D eigenvalue weighted by Gasteiger charge is 2.28. The maximum atomic E-state index is 12.7. The second kappa shape index (κ2) is 8.78. The van der Waals surface area contributed by atoms with Crippen LogP contribution in [0.1, 0.15) is 30.5 Å².